The Bertz CT molecular complexity index is 1880. The summed E-state index contributed by atoms with van der Waals surface area (Å²) in [4.78, 5) is 53.4. The van der Waals surface area contributed by atoms with Crippen molar-refractivity contribution >= 4 is 55.6 Å². The minimum absolute atomic E-state index is 0.0459. The molecule has 5 rings (SSSR count). The quantitative estimate of drug-likeness (QED) is 0.104. The lowest BCUT2D eigenvalue weighted by molar-refractivity contribution is -0.118. The molecule has 1 saturated heterocycles. The molecule has 2 fully saturated rings. The lowest BCUT2D eigenvalue weighted by Crippen LogP contribution is -2.29. The molecule has 1 aliphatic carbocycles. The van der Waals surface area contributed by atoms with Gasteiger partial charge in [0.05, 0.1) is 50.9 Å². The molecule has 23 heteroatoms. The average molecular weight is 773 g/mol. The third-order valence-electron chi connectivity index (χ3n) is 8.38. The van der Waals surface area contributed by atoms with E-state index < -0.39 is 81.3 Å². The van der Waals surface area contributed by atoms with Crippen LogP contribution in [-0.4, -0.2) is 89.6 Å². The van der Waals surface area contributed by atoms with Gasteiger partial charge in [-0.2, -0.15) is 10.2 Å². The van der Waals surface area contributed by atoms with Gasteiger partial charge in [-0.15, -0.1) is 9.42 Å². The van der Waals surface area contributed by atoms with Crippen LogP contribution in [0.1, 0.15) is 46.3 Å². The van der Waals surface area contributed by atoms with Crippen molar-refractivity contribution in [1.29, 1.82) is 5.26 Å². The maximum Gasteiger partial charge on any atom is 0.695 e. The number of fused-ring (bicyclic) bond motifs is 1. The number of nitrogens with one attached hydrogen (secondary N) is 3. The summed E-state index contributed by atoms with van der Waals surface area (Å²) in [6.45, 7) is 0.579. The predicted molar refractivity (Wildman–Crippen MR) is 180 cm³/mol. The molecule has 9 atom stereocenters. The zero-order chi connectivity index (χ0) is 36.9. The van der Waals surface area contributed by atoms with E-state index in [2.05, 4.69) is 35.6 Å². The van der Waals surface area contributed by atoms with Gasteiger partial charge >= 0.3 is 15.0 Å². The van der Waals surface area contributed by atoms with Gasteiger partial charge < -0.3 is 28.7 Å². The minimum atomic E-state index is -3.78. The zero-order valence-corrected chi connectivity index (χ0v) is 30.2. The van der Waals surface area contributed by atoms with Gasteiger partial charge in [0.2, 0.25) is 11.9 Å². The Hall–Kier alpha value is -3.41. The SMILES string of the molecule is CC(C)C(=O)Nc1nc2c(ncn2[C@@H]2O[C@H](CO)[C@@H](C)[C@H]2OP(=S)(OCCC#N)OC[C@H]2C[C@@H](Nc3ncncc3F)C[C@@H]2O[P+](=O)O)c(=O)[nH]1. The number of aromatic amines is 1. The Morgan fingerprint density at radius 2 is 2.14 bits per heavy atom. The summed E-state index contributed by atoms with van der Waals surface area (Å²) in [5.41, 5.74) is -0.633. The monoisotopic (exact) mass is 772 g/mol. The van der Waals surface area contributed by atoms with E-state index in [1.54, 1.807) is 20.8 Å². The van der Waals surface area contributed by atoms with Crippen molar-refractivity contribution in [3.05, 3.63) is 35.0 Å². The number of carbonyl (C=O) groups excluding carboxylic acids is 1. The minimum Gasteiger partial charge on any atom is -0.394 e. The molecule has 1 saturated carbocycles. The number of nitriles is 1. The molecule has 1 aliphatic heterocycles. The number of aliphatic hydroxyl groups excluding tert-OH is 1. The van der Waals surface area contributed by atoms with E-state index in [1.807, 2.05) is 6.07 Å². The molecular formula is C28H37FN9O10P2S+. The predicted octanol–water partition coefficient (Wildman–Crippen LogP) is 2.65. The molecule has 2 unspecified atom stereocenters. The van der Waals surface area contributed by atoms with Gasteiger partial charge in [-0.1, -0.05) is 20.8 Å². The number of anilines is 2. The van der Waals surface area contributed by atoms with Crippen LogP contribution in [0.2, 0.25) is 0 Å². The van der Waals surface area contributed by atoms with E-state index >= 15 is 0 Å². The van der Waals surface area contributed by atoms with Crippen LogP contribution in [0, 0.1) is 34.9 Å². The number of aliphatic hydroxyl groups is 1. The molecule has 0 spiro atoms. The summed E-state index contributed by atoms with van der Waals surface area (Å²) in [5.74, 6) is -2.70. The topological polar surface area (TPSA) is 258 Å². The number of hydrogen-bond acceptors (Lipinski definition) is 16. The van der Waals surface area contributed by atoms with Gasteiger partial charge in [0.15, 0.2) is 29.0 Å². The summed E-state index contributed by atoms with van der Waals surface area (Å²) in [5, 5.41) is 24.9. The van der Waals surface area contributed by atoms with Crippen molar-refractivity contribution in [1.82, 2.24) is 29.5 Å². The van der Waals surface area contributed by atoms with Crippen molar-refractivity contribution in [3.63, 3.8) is 0 Å². The molecule has 19 nitrogen and oxygen atoms in total. The van der Waals surface area contributed by atoms with Crippen molar-refractivity contribution in [2.24, 2.45) is 17.8 Å². The van der Waals surface area contributed by atoms with E-state index in [1.165, 1.54) is 17.2 Å². The molecule has 0 aromatic carbocycles. The van der Waals surface area contributed by atoms with E-state index in [4.69, 9.17) is 34.6 Å². The second-order valence-corrected chi connectivity index (χ2v) is 15.9. The summed E-state index contributed by atoms with van der Waals surface area (Å²) in [6, 6.07) is 1.53. The van der Waals surface area contributed by atoms with E-state index in [-0.39, 0.29) is 54.9 Å². The Morgan fingerprint density at radius 3 is 2.82 bits per heavy atom. The first-order chi connectivity index (χ1) is 24.3. The smallest absolute Gasteiger partial charge is 0.394 e. The first-order valence-corrected chi connectivity index (χ1v) is 19.5. The number of halogens is 1. The second-order valence-electron chi connectivity index (χ2n) is 12.2. The largest absolute Gasteiger partial charge is 0.695 e. The van der Waals surface area contributed by atoms with Crippen LogP contribution in [0.5, 0.6) is 0 Å². The standard InChI is InChI=1S/C28H36FN9O10P2S/c1-14(2)25(40)36-28-35-24-21(26(41)37-28)33-13-38(24)27-22(15(3)20(10-39)46-27)48-50(51,44-6-4-5-30)45-11-16-7-17(8-19(16)47-49(42)43)34-23-18(29)9-31-12-32-23/h9,12-17,19-20,22,27,39H,4,6-8,10-11H2,1-3H3,(H3-,31,32,34,35,36,37,40,41,42,43)/p+1/t15-,16-,17-,19+,20-,22-,27-,50?/m1/s1. The third-order valence-corrected chi connectivity index (χ3v) is 11.2. The molecule has 1 amide bonds. The lowest BCUT2D eigenvalue weighted by atomic mass is 10.0. The number of imidazole rings is 1. The maximum atomic E-state index is 14.3. The van der Waals surface area contributed by atoms with Gasteiger partial charge in [-0.3, -0.25) is 24.5 Å². The van der Waals surface area contributed by atoms with Crippen LogP contribution in [-0.2, 0) is 44.0 Å². The fourth-order valence-electron chi connectivity index (χ4n) is 5.74. The number of H-pyrrole nitrogens is 1. The summed E-state index contributed by atoms with van der Waals surface area (Å²) in [6.07, 6.45) is 0.281. The Morgan fingerprint density at radius 1 is 1.35 bits per heavy atom. The molecule has 0 bridgehead atoms. The number of carbonyl (C=O) groups is 1. The van der Waals surface area contributed by atoms with Crippen LogP contribution >= 0.6 is 15.0 Å². The fraction of sp³-hybridized carbons (Fsp3) is 0.607. The molecule has 3 aromatic heterocycles. The Kier molecular flexibility index (Phi) is 12.9. The number of ether oxygens (including phenoxy) is 1. The Labute approximate surface area is 296 Å². The first kappa shape index (κ1) is 38.8. The van der Waals surface area contributed by atoms with Gasteiger partial charge in [0.1, 0.15) is 18.5 Å². The van der Waals surface area contributed by atoms with Gasteiger partial charge in [0, 0.05) is 28.4 Å². The molecule has 2 aliphatic rings. The number of amides is 1. The molecular weight excluding hydrogens is 735 g/mol. The lowest BCUT2D eigenvalue weighted by Gasteiger charge is -2.30. The number of nitrogens with zero attached hydrogens (tertiary/aromatic N) is 6. The highest BCUT2D eigenvalue weighted by Gasteiger charge is 2.48. The number of rotatable bonds is 16. The second kappa shape index (κ2) is 16.9. The van der Waals surface area contributed by atoms with Crippen molar-refractivity contribution < 1.29 is 46.6 Å². The third kappa shape index (κ3) is 9.34. The van der Waals surface area contributed by atoms with Crippen molar-refractivity contribution in [3.8, 4) is 6.07 Å². The van der Waals surface area contributed by atoms with Crippen LogP contribution < -0.4 is 16.2 Å². The van der Waals surface area contributed by atoms with Crippen molar-refractivity contribution in [2.75, 3.05) is 30.5 Å². The van der Waals surface area contributed by atoms with Crippen LogP contribution in [0.4, 0.5) is 16.2 Å². The highest BCUT2D eigenvalue weighted by Crippen LogP contribution is 2.56. The van der Waals surface area contributed by atoms with Gasteiger partial charge in [-0.05, 0) is 24.6 Å². The fourth-order valence-corrected chi connectivity index (χ4v) is 8.41. The summed E-state index contributed by atoms with van der Waals surface area (Å²) in [7, 11) is -3.00. The molecule has 4 heterocycles. The van der Waals surface area contributed by atoms with Gasteiger partial charge in [0.25, 0.3) is 5.56 Å². The summed E-state index contributed by atoms with van der Waals surface area (Å²) < 4.78 is 57.3. The maximum absolute atomic E-state index is 14.3. The van der Waals surface area contributed by atoms with Crippen LogP contribution in [0.15, 0.2) is 23.6 Å². The van der Waals surface area contributed by atoms with E-state index in [0.717, 1.165) is 6.20 Å². The number of hydrogen-bond donors (Lipinski definition) is 5. The van der Waals surface area contributed by atoms with Crippen LogP contribution in [0.3, 0.4) is 0 Å². The molecule has 0 radical (unpaired) electrons. The highest BCUT2D eigenvalue weighted by molar-refractivity contribution is 8.07. The zero-order valence-electron chi connectivity index (χ0n) is 27.6. The average Bonchev–Trinajstić information content (AvgIpc) is 3.76. The molecule has 276 valence electrons. The van der Waals surface area contributed by atoms with Crippen LogP contribution in [0.25, 0.3) is 11.2 Å². The number of aromatic nitrogens is 6. The summed E-state index contributed by atoms with van der Waals surface area (Å²) >= 11 is 5.83. The molecule has 3 aromatic rings. The Balaban J connectivity index is 1.40. The van der Waals surface area contributed by atoms with Gasteiger partial charge in [-0.25, -0.2) is 19.3 Å². The van der Waals surface area contributed by atoms with Crippen molar-refractivity contribution in [2.45, 2.75) is 70.6 Å². The first-order valence-electron chi connectivity index (χ1n) is 15.9. The molecule has 51 heavy (non-hydrogen) atoms. The molecule has 5 N–H and O–H groups in total. The van der Waals surface area contributed by atoms with E-state index in [9.17, 15) is 33.8 Å². The normalized spacial score (nSPS) is 26.2. The highest BCUT2D eigenvalue weighted by atomic mass is 32.5. The van der Waals surface area contributed by atoms with E-state index in [0.29, 0.717) is 6.42 Å².